The van der Waals surface area contributed by atoms with Crippen LogP contribution in [0.1, 0.15) is 44.9 Å². The summed E-state index contributed by atoms with van der Waals surface area (Å²) >= 11 is 0. The SMILES string of the molecule is CN1CCN(CCCC(F)(F)F)C[C@@]12CCC(=O)N(CC1CC1)CC2. The third-order valence-corrected chi connectivity index (χ3v) is 6.19. The smallest absolute Gasteiger partial charge is 0.342 e. The van der Waals surface area contributed by atoms with Gasteiger partial charge in [-0.3, -0.25) is 9.69 Å². The molecule has 0 N–H and O–H groups in total. The molecule has 0 bridgehead atoms. The zero-order valence-corrected chi connectivity index (χ0v) is 15.2. The van der Waals surface area contributed by atoms with Crippen molar-refractivity contribution in [2.24, 2.45) is 5.92 Å². The van der Waals surface area contributed by atoms with Crippen LogP contribution in [0.2, 0.25) is 0 Å². The standard InChI is InChI=1S/C18H30F3N3O/c1-22-11-12-23(9-2-6-18(19,20)21)14-17(22)7-5-16(25)24(10-8-17)13-15-3-4-15/h15H,2-14H2,1H3/t17-/m0/s1. The molecule has 0 aromatic carbocycles. The molecule has 7 heteroatoms. The molecule has 2 heterocycles. The van der Waals surface area contributed by atoms with Crippen LogP contribution < -0.4 is 0 Å². The number of halogens is 3. The van der Waals surface area contributed by atoms with E-state index in [0.717, 1.165) is 45.6 Å². The topological polar surface area (TPSA) is 26.8 Å². The Morgan fingerprint density at radius 2 is 1.92 bits per heavy atom. The van der Waals surface area contributed by atoms with E-state index < -0.39 is 12.6 Å². The minimum absolute atomic E-state index is 0.0650. The molecule has 1 spiro atoms. The van der Waals surface area contributed by atoms with E-state index in [1.165, 1.54) is 12.8 Å². The van der Waals surface area contributed by atoms with Crippen LogP contribution in [0.25, 0.3) is 0 Å². The number of likely N-dealkylation sites (N-methyl/N-ethyl adjacent to an activating group) is 1. The summed E-state index contributed by atoms with van der Waals surface area (Å²) in [5, 5.41) is 0. The van der Waals surface area contributed by atoms with E-state index in [0.29, 0.717) is 18.9 Å². The second-order valence-electron chi connectivity index (χ2n) is 8.17. The maximum Gasteiger partial charge on any atom is 0.389 e. The number of piperazine rings is 1. The molecule has 3 aliphatic rings. The van der Waals surface area contributed by atoms with Gasteiger partial charge in [0.05, 0.1) is 0 Å². The molecule has 1 saturated carbocycles. The molecule has 2 aliphatic heterocycles. The number of hydrogen-bond donors (Lipinski definition) is 0. The summed E-state index contributed by atoms with van der Waals surface area (Å²) in [6.45, 7) is 4.64. The first kappa shape index (κ1) is 19.0. The van der Waals surface area contributed by atoms with Gasteiger partial charge in [0.15, 0.2) is 0 Å². The number of likely N-dealkylation sites (tertiary alicyclic amines) is 1. The van der Waals surface area contributed by atoms with E-state index in [-0.39, 0.29) is 17.9 Å². The fourth-order valence-electron chi connectivity index (χ4n) is 4.27. The van der Waals surface area contributed by atoms with E-state index in [1.54, 1.807) is 0 Å². The number of hydrogen-bond acceptors (Lipinski definition) is 3. The molecule has 4 nitrogen and oxygen atoms in total. The average Bonchev–Trinajstić information content (AvgIpc) is 3.35. The highest BCUT2D eigenvalue weighted by Crippen LogP contribution is 2.35. The van der Waals surface area contributed by atoms with Crippen molar-refractivity contribution in [1.82, 2.24) is 14.7 Å². The Labute approximate surface area is 148 Å². The van der Waals surface area contributed by atoms with Gasteiger partial charge in [0, 0.05) is 51.1 Å². The lowest BCUT2D eigenvalue weighted by Crippen LogP contribution is -2.61. The van der Waals surface area contributed by atoms with Gasteiger partial charge in [-0.2, -0.15) is 13.2 Å². The van der Waals surface area contributed by atoms with Crippen LogP contribution in [0.3, 0.4) is 0 Å². The highest BCUT2D eigenvalue weighted by Gasteiger charge is 2.42. The van der Waals surface area contributed by atoms with Crippen LogP contribution in [0.15, 0.2) is 0 Å². The van der Waals surface area contributed by atoms with Crippen molar-refractivity contribution in [2.45, 2.75) is 56.7 Å². The Morgan fingerprint density at radius 3 is 2.60 bits per heavy atom. The summed E-state index contributed by atoms with van der Waals surface area (Å²) in [6.07, 6.45) is 0.173. The molecule has 0 aromatic rings. The lowest BCUT2D eigenvalue weighted by Gasteiger charge is -2.49. The van der Waals surface area contributed by atoms with Crippen LogP contribution in [-0.4, -0.2) is 78.6 Å². The molecular formula is C18H30F3N3O. The van der Waals surface area contributed by atoms with Crippen molar-refractivity contribution in [3.05, 3.63) is 0 Å². The van der Waals surface area contributed by atoms with E-state index in [9.17, 15) is 18.0 Å². The molecule has 2 saturated heterocycles. The van der Waals surface area contributed by atoms with Gasteiger partial charge in [-0.05, 0) is 51.6 Å². The lowest BCUT2D eigenvalue weighted by molar-refractivity contribution is -0.137. The van der Waals surface area contributed by atoms with Gasteiger partial charge in [0.1, 0.15) is 0 Å². The Bertz CT molecular complexity index is 481. The summed E-state index contributed by atoms with van der Waals surface area (Å²) in [7, 11) is 2.11. The largest absolute Gasteiger partial charge is 0.389 e. The number of nitrogens with zero attached hydrogens (tertiary/aromatic N) is 3. The molecule has 1 aliphatic carbocycles. The van der Waals surface area contributed by atoms with E-state index in [2.05, 4.69) is 16.8 Å². The zero-order valence-electron chi connectivity index (χ0n) is 15.2. The van der Waals surface area contributed by atoms with Crippen LogP contribution in [-0.2, 0) is 4.79 Å². The average molecular weight is 361 g/mol. The van der Waals surface area contributed by atoms with E-state index in [4.69, 9.17) is 0 Å². The maximum atomic E-state index is 12.4. The molecule has 1 atom stereocenters. The molecule has 144 valence electrons. The number of rotatable bonds is 5. The van der Waals surface area contributed by atoms with Gasteiger partial charge in [-0.1, -0.05) is 0 Å². The van der Waals surface area contributed by atoms with Crippen molar-refractivity contribution in [3.8, 4) is 0 Å². The quantitative estimate of drug-likeness (QED) is 0.753. The van der Waals surface area contributed by atoms with E-state index in [1.807, 2.05) is 4.90 Å². The van der Waals surface area contributed by atoms with Gasteiger partial charge < -0.3 is 9.80 Å². The van der Waals surface area contributed by atoms with Crippen molar-refractivity contribution in [2.75, 3.05) is 46.3 Å². The highest BCUT2D eigenvalue weighted by atomic mass is 19.4. The first-order valence-electron chi connectivity index (χ1n) is 9.56. The molecule has 1 amide bonds. The molecule has 0 aromatic heterocycles. The Balaban J connectivity index is 1.57. The van der Waals surface area contributed by atoms with E-state index >= 15 is 0 Å². The van der Waals surface area contributed by atoms with Gasteiger partial charge >= 0.3 is 6.18 Å². The Morgan fingerprint density at radius 1 is 1.16 bits per heavy atom. The normalized spacial score (nSPS) is 30.1. The van der Waals surface area contributed by atoms with Crippen LogP contribution in [0.4, 0.5) is 13.2 Å². The van der Waals surface area contributed by atoms with Gasteiger partial charge in [0.25, 0.3) is 0 Å². The molecule has 3 fully saturated rings. The minimum atomic E-state index is -4.07. The number of amides is 1. The predicted octanol–water partition coefficient (Wildman–Crippen LogP) is 2.74. The third-order valence-electron chi connectivity index (χ3n) is 6.19. The Hall–Kier alpha value is -0.820. The summed E-state index contributed by atoms with van der Waals surface area (Å²) < 4.78 is 37.2. The number of alkyl halides is 3. The van der Waals surface area contributed by atoms with Crippen molar-refractivity contribution >= 4 is 5.91 Å². The molecule has 0 radical (unpaired) electrons. The monoisotopic (exact) mass is 361 g/mol. The molecule has 3 rings (SSSR count). The molecular weight excluding hydrogens is 331 g/mol. The summed E-state index contributed by atoms with van der Waals surface area (Å²) in [6, 6.07) is 0. The fourth-order valence-corrected chi connectivity index (χ4v) is 4.27. The van der Waals surface area contributed by atoms with Gasteiger partial charge in [-0.25, -0.2) is 0 Å². The summed E-state index contributed by atoms with van der Waals surface area (Å²) in [5.74, 6) is 0.951. The summed E-state index contributed by atoms with van der Waals surface area (Å²) in [5.41, 5.74) is -0.0650. The van der Waals surface area contributed by atoms with Crippen molar-refractivity contribution in [1.29, 1.82) is 0 Å². The van der Waals surface area contributed by atoms with Crippen molar-refractivity contribution < 1.29 is 18.0 Å². The van der Waals surface area contributed by atoms with Crippen molar-refractivity contribution in [3.63, 3.8) is 0 Å². The molecule has 25 heavy (non-hydrogen) atoms. The first-order valence-corrected chi connectivity index (χ1v) is 9.56. The van der Waals surface area contributed by atoms with Gasteiger partial charge in [0.2, 0.25) is 5.91 Å². The lowest BCUT2D eigenvalue weighted by atomic mass is 9.86. The van der Waals surface area contributed by atoms with Crippen LogP contribution in [0.5, 0.6) is 0 Å². The third kappa shape index (κ3) is 5.09. The minimum Gasteiger partial charge on any atom is -0.342 e. The zero-order chi connectivity index (χ0) is 18.1. The number of carbonyl (C=O) groups excluding carboxylic acids is 1. The maximum absolute atomic E-state index is 12.4. The van der Waals surface area contributed by atoms with Crippen LogP contribution in [0, 0.1) is 5.92 Å². The predicted molar refractivity (Wildman–Crippen MR) is 90.2 cm³/mol. The molecule has 0 unspecified atom stereocenters. The number of carbonyl (C=O) groups is 1. The summed E-state index contributed by atoms with van der Waals surface area (Å²) in [4.78, 5) is 19.0. The van der Waals surface area contributed by atoms with Gasteiger partial charge in [-0.15, -0.1) is 0 Å². The Kier molecular flexibility index (Phi) is 5.63. The second-order valence-corrected chi connectivity index (χ2v) is 8.17. The first-order chi connectivity index (χ1) is 11.8. The fraction of sp³-hybridized carbons (Fsp3) is 0.944. The van der Waals surface area contributed by atoms with Crippen LogP contribution >= 0.6 is 0 Å². The second kappa shape index (κ2) is 7.43. The highest BCUT2D eigenvalue weighted by molar-refractivity contribution is 5.76.